The highest BCUT2D eigenvalue weighted by molar-refractivity contribution is 8.00. The fourth-order valence-electron chi connectivity index (χ4n) is 3.03. The zero-order valence-electron chi connectivity index (χ0n) is 15.3. The maximum absolute atomic E-state index is 12.8. The first-order valence-corrected chi connectivity index (χ1v) is 11.8. The predicted octanol–water partition coefficient (Wildman–Crippen LogP) is 3.23. The number of ketones is 1. The number of nitrogens with zero attached hydrogens (tertiary/aromatic N) is 3. The largest absolute Gasteiger partial charge is 0.303 e. The number of carbonyl (C=O) groups is 1. The summed E-state index contributed by atoms with van der Waals surface area (Å²) < 4.78 is 27.2. The van der Waals surface area contributed by atoms with Gasteiger partial charge < -0.3 is 4.57 Å². The SMILES string of the molecule is C[C@H](Sc1nnc(C2CC2)n1C1CC1)C(=O)c1ccc(NS(C)(=O)=O)cc1. The lowest BCUT2D eigenvalue weighted by Crippen LogP contribution is -2.15. The van der Waals surface area contributed by atoms with Crippen molar-refractivity contribution in [2.24, 2.45) is 0 Å². The minimum absolute atomic E-state index is 0.00998. The van der Waals surface area contributed by atoms with Gasteiger partial charge in [0.15, 0.2) is 10.9 Å². The average molecular weight is 407 g/mol. The molecule has 1 N–H and O–H groups in total. The van der Waals surface area contributed by atoms with E-state index in [9.17, 15) is 13.2 Å². The topological polar surface area (TPSA) is 93.9 Å². The molecule has 2 saturated carbocycles. The summed E-state index contributed by atoms with van der Waals surface area (Å²) in [5, 5.41) is 9.27. The molecule has 0 aliphatic heterocycles. The summed E-state index contributed by atoms with van der Waals surface area (Å²) in [6.45, 7) is 1.87. The van der Waals surface area contributed by atoms with Crippen LogP contribution in [0.1, 0.15) is 60.7 Å². The van der Waals surface area contributed by atoms with Crippen LogP contribution in [-0.4, -0.2) is 40.5 Å². The van der Waals surface area contributed by atoms with E-state index < -0.39 is 10.0 Å². The van der Waals surface area contributed by atoms with E-state index in [1.54, 1.807) is 24.3 Å². The quantitative estimate of drug-likeness (QED) is 0.534. The zero-order chi connectivity index (χ0) is 19.2. The molecule has 7 nitrogen and oxygen atoms in total. The standard InChI is InChI=1S/C18H22N4O3S2/c1-11(16(23)12-5-7-14(8-6-12)21-27(2,24)25)26-18-20-19-17(13-3-4-13)22(18)15-9-10-15/h5-8,11,13,15,21H,3-4,9-10H2,1-2H3/t11-/m0/s1. The molecule has 0 radical (unpaired) electrons. The highest BCUT2D eigenvalue weighted by atomic mass is 32.2. The maximum Gasteiger partial charge on any atom is 0.229 e. The summed E-state index contributed by atoms with van der Waals surface area (Å²) in [7, 11) is -3.33. The first-order valence-electron chi connectivity index (χ1n) is 9.05. The molecule has 0 saturated heterocycles. The van der Waals surface area contributed by atoms with Crippen LogP contribution >= 0.6 is 11.8 Å². The van der Waals surface area contributed by atoms with Crippen LogP contribution in [0.15, 0.2) is 29.4 Å². The van der Waals surface area contributed by atoms with Gasteiger partial charge in [-0.05, 0) is 56.9 Å². The lowest BCUT2D eigenvalue weighted by Gasteiger charge is -2.12. The molecule has 0 amide bonds. The fourth-order valence-corrected chi connectivity index (χ4v) is 4.60. The molecule has 1 aromatic carbocycles. The van der Waals surface area contributed by atoms with Gasteiger partial charge in [0.2, 0.25) is 10.0 Å². The predicted molar refractivity (Wildman–Crippen MR) is 105 cm³/mol. The second-order valence-corrected chi connectivity index (χ2v) is 10.3. The van der Waals surface area contributed by atoms with Crippen LogP contribution in [0.4, 0.5) is 5.69 Å². The molecular weight excluding hydrogens is 384 g/mol. The van der Waals surface area contributed by atoms with Crippen molar-refractivity contribution in [3.63, 3.8) is 0 Å². The van der Waals surface area contributed by atoms with Gasteiger partial charge in [0.05, 0.1) is 11.5 Å². The number of nitrogens with one attached hydrogen (secondary N) is 1. The van der Waals surface area contributed by atoms with Gasteiger partial charge in [0.1, 0.15) is 5.82 Å². The van der Waals surface area contributed by atoms with Gasteiger partial charge in [0, 0.05) is 23.2 Å². The first kappa shape index (κ1) is 18.5. The van der Waals surface area contributed by atoms with Crippen molar-refractivity contribution in [1.29, 1.82) is 0 Å². The number of Topliss-reactive ketones (excluding diaryl/α,β-unsaturated/α-hetero) is 1. The van der Waals surface area contributed by atoms with Gasteiger partial charge in [-0.2, -0.15) is 0 Å². The van der Waals surface area contributed by atoms with E-state index in [0.29, 0.717) is 23.2 Å². The Bertz CT molecular complexity index is 961. The highest BCUT2D eigenvalue weighted by Crippen LogP contribution is 2.46. The number of carbonyl (C=O) groups excluding carboxylic acids is 1. The van der Waals surface area contributed by atoms with Crippen molar-refractivity contribution >= 4 is 33.3 Å². The molecule has 4 rings (SSSR count). The number of sulfonamides is 1. The van der Waals surface area contributed by atoms with E-state index in [0.717, 1.165) is 30.1 Å². The molecule has 2 aromatic rings. The Hall–Kier alpha value is -1.87. The Morgan fingerprint density at radius 3 is 2.41 bits per heavy atom. The van der Waals surface area contributed by atoms with E-state index in [4.69, 9.17) is 0 Å². The second-order valence-electron chi connectivity index (χ2n) is 7.29. The summed E-state index contributed by atoms with van der Waals surface area (Å²) >= 11 is 1.45. The second kappa shape index (κ2) is 6.94. The van der Waals surface area contributed by atoms with E-state index in [1.807, 2.05) is 6.92 Å². The molecule has 1 aromatic heterocycles. The molecule has 1 atom stereocenters. The van der Waals surface area contributed by atoms with E-state index >= 15 is 0 Å². The van der Waals surface area contributed by atoms with Gasteiger partial charge >= 0.3 is 0 Å². The summed E-state index contributed by atoms with van der Waals surface area (Å²) in [4.78, 5) is 12.8. The molecule has 2 fully saturated rings. The van der Waals surface area contributed by atoms with Gasteiger partial charge in [-0.3, -0.25) is 9.52 Å². The van der Waals surface area contributed by atoms with Crippen molar-refractivity contribution in [2.45, 2.75) is 55.0 Å². The summed E-state index contributed by atoms with van der Waals surface area (Å²) in [5.74, 6) is 1.61. The Kier molecular flexibility index (Phi) is 4.75. The summed E-state index contributed by atoms with van der Waals surface area (Å²) in [6, 6.07) is 6.98. The first-order chi connectivity index (χ1) is 12.8. The monoisotopic (exact) mass is 406 g/mol. The Balaban J connectivity index is 1.47. The minimum Gasteiger partial charge on any atom is -0.303 e. The van der Waals surface area contributed by atoms with Crippen molar-refractivity contribution in [3.8, 4) is 0 Å². The third-order valence-electron chi connectivity index (χ3n) is 4.67. The van der Waals surface area contributed by atoms with E-state index in [1.165, 1.54) is 24.6 Å². The molecular formula is C18H22N4O3S2. The van der Waals surface area contributed by atoms with Crippen LogP contribution in [0, 0.1) is 0 Å². The number of hydrogen-bond acceptors (Lipinski definition) is 6. The zero-order valence-corrected chi connectivity index (χ0v) is 16.9. The van der Waals surface area contributed by atoms with E-state index in [-0.39, 0.29) is 11.0 Å². The maximum atomic E-state index is 12.8. The molecule has 2 aliphatic rings. The van der Waals surface area contributed by atoms with Crippen molar-refractivity contribution < 1.29 is 13.2 Å². The number of hydrogen-bond donors (Lipinski definition) is 1. The smallest absolute Gasteiger partial charge is 0.229 e. The fraction of sp³-hybridized carbons (Fsp3) is 0.500. The Morgan fingerprint density at radius 2 is 1.85 bits per heavy atom. The Morgan fingerprint density at radius 1 is 1.19 bits per heavy atom. The number of anilines is 1. The van der Waals surface area contributed by atoms with Gasteiger partial charge in [-0.15, -0.1) is 10.2 Å². The lowest BCUT2D eigenvalue weighted by molar-refractivity contribution is 0.0994. The molecule has 0 unspecified atom stereocenters. The van der Waals surface area contributed by atoms with Crippen LogP contribution in [0.5, 0.6) is 0 Å². The molecule has 0 bridgehead atoms. The van der Waals surface area contributed by atoms with Crippen LogP contribution in [0.3, 0.4) is 0 Å². The normalized spacial score (nSPS) is 18.3. The molecule has 2 aliphatic carbocycles. The molecule has 27 heavy (non-hydrogen) atoms. The van der Waals surface area contributed by atoms with Crippen molar-refractivity contribution in [2.75, 3.05) is 11.0 Å². The minimum atomic E-state index is -3.33. The summed E-state index contributed by atoms with van der Waals surface area (Å²) in [6.07, 6.45) is 5.76. The lowest BCUT2D eigenvalue weighted by atomic mass is 10.1. The number of rotatable bonds is 8. The molecule has 144 valence electrons. The third-order valence-corrected chi connectivity index (χ3v) is 6.33. The highest BCUT2D eigenvalue weighted by Gasteiger charge is 2.37. The van der Waals surface area contributed by atoms with Crippen molar-refractivity contribution in [1.82, 2.24) is 14.8 Å². The van der Waals surface area contributed by atoms with Gasteiger partial charge in [-0.1, -0.05) is 11.8 Å². The molecule has 0 spiro atoms. The third kappa shape index (κ3) is 4.35. The van der Waals surface area contributed by atoms with E-state index in [2.05, 4.69) is 19.5 Å². The van der Waals surface area contributed by atoms with Gasteiger partial charge in [-0.25, -0.2) is 8.42 Å². The van der Waals surface area contributed by atoms with Crippen LogP contribution in [-0.2, 0) is 10.0 Å². The van der Waals surface area contributed by atoms with Gasteiger partial charge in [0.25, 0.3) is 0 Å². The molecule has 9 heteroatoms. The van der Waals surface area contributed by atoms with Crippen LogP contribution < -0.4 is 4.72 Å². The average Bonchev–Trinajstić information content (AvgIpc) is 3.52. The number of aromatic nitrogens is 3. The molecule has 1 heterocycles. The van der Waals surface area contributed by atoms with Crippen molar-refractivity contribution in [3.05, 3.63) is 35.7 Å². The van der Waals surface area contributed by atoms with Crippen LogP contribution in [0.25, 0.3) is 0 Å². The van der Waals surface area contributed by atoms with Crippen LogP contribution in [0.2, 0.25) is 0 Å². The number of thioether (sulfide) groups is 1. The summed E-state index contributed by atoms with van der Waals surface area (Å²) in [5.41, 5.74) is 0.992. The number of benzene rings is 1. The Labute approximate surface area is 163 Å².